The van der Waals surface area contributed by atoms with Crippen LogP contribution in [0.4, 0.5) is 16.2 Å². The maximum atomic E-state index is 13.5. The molecular formula is C23H19Cl3N4O4S. The van der Waals surface area contributed by atoms with Crippen LogP contribution in [0.2, 0.25) is 0 Å². The van der Waals surface area contributed by atoms with Gasteiger partial charge in [-0.05, 0) is 17.2 Å². The molecule has 0 spiro atoms. The minimum Gasteiger partial charge on any atom is -0.331 e. The predicted octanol–water partition coefficient (Wildman–Crippen LogP) is 5.92. The Kier molecular flexibility index (Phi) is 8.85. The van der Waals surface area contributed by atoms with Gasteiger partial charge in [-0.1, -0.05) is 120 Å². The quantitative estimate of drug-likeness (QED) is 0.111. The number of thiol groups is 1. The van der Waals surface area contributed by atoms with E-state index in [9.17, 15) is 19.7 Å². The molecular weight excluding hydrogens is 535 g/mol. The van der Waals surface area contributed by atoms with Gasteiger partial charge in [0.05, 0.1) is 10.8 Å². The molecule has 1 atom stereocenters. The summed E-state index contributed by atoms with van der Waals surface area (Å²) in [6, 6.07) is 22.4. The summed E-state index contributed by atoms with van der Waals surface area (Å²) in [5.74, 6) is -1.34. The van der Waals surface area contributed by atoms with E-state index < -0.39 is 32.7 Å². The maximum Gasteiger partial charge on any atom is 0.333 e. The third kappa shape index (κ3) is 6.79. The third-order valence-electron chi connectivity index (χ3n) is 4.91. The van der Waals surface area contributed by atoms with Crippen LogP contribution in [0.25, 0.3) is 0 Å². The van der Waals surface area contributed by atoms with Gasteiger partial charge in [-0.15, -0.1) is 0 Å². The van der Waals surface area contributed by atoms with Crippen molar-refractivity contribution in [2.45, 2.75) is 15.9 Å². The number of halogens is 3. The number of carbonyl (C=O) groups is 2. The van der Waals surface area contributed by atoms with E-state index in [1.54, 1.807) is 48.5 Å². The summed E-state index contributed by atoms with van der Waals surface area (Å²) in [5, 5.41) is 16.2. The van der Waals surface area contributed by atoms with Crippen molar-refractivity contribution < 1.29 is 14.5 Å². The molecule has 8 nitrogen and oxygen atoms in total. The van der Waals surface area contributed by atoms with Crippen LogP contribution in [-0.4, -0.2) is 31.1 Å². The molecule has 0 radical (unpaired) electrons. The summed E-state index contributed by atoms with van der Waals surface area (Å²) in [6.45, 7) is 0. The molecule has 1 unspecified atom stereocenters. The molecule has 0 fully saturated rings. The van der Waals surface area contributed by atoms with Gasteiger partial charge in [-0.25, -0.2) is 9.10 Å². The standard InChI is InChI=1S/C23H19Cl3N4O4S/c24-23(25,26)21(29(35)22(32)27-17-13-7-8-14-18(17)30(33)34)28-20(31)19(15-9-3-1-4-10-15)16-11-5-2-6-12-16/h1-14,19,21,35H,(H,27,32)(H,28,31). The Morgan fingerprint density at radius 3 is 1.86 bits per heavy atom. The normalized spacial score (nSPS) is 12.0. The fourth-order valence-electron chi connectivity index (χ4n) is 3.31. The van der Waals surface area contributed by atoms with Crippen molar-refractivity contribution in [3.8, 4) is 0 Å². The van der Waals surface area contributed by atoms with Crippen LogP contribution in [-0.2, 0) is 4.79 Å². The average molecular weight is 554 g/mol. The summed E-state index contributed by atoms with van der Waals surface area (Å²) in [5.41, 5.74) is 0.913. The maximum absolute atomic E-state index is 13.5. The molecule has 2 N–H and O–H groups in total. The van der Waals surface area contributed by atoms with Gasteiger partial charge in [0.25, 0.3) is 5.69 Å². The number of nitrogens with one attached hydrogen (secondary N) is 2. The predicted molar refractivity (Wildman–Crippen MR) is 140 cm³/mol. The highest BCUT2D eigenvalue weighted by atomic mass is 35.6. The minimum absolute atomic E-state index is 0.0950. The molecule has 182 valence electrons. The number of nitro groups is 1. The summed E-state index contributed by atoms with van der Waals surface area (Å²) >= 11 is 22.4. The zero-order valence-corrected chi connectivity index (χ0v) is 21.0. The number of anilines is 1. The average Bonchev–Trinajstić information content (AvgIpc) is 2.83. The van der Waals surface area contributed by atoms with Crippen LogP contribution in [0.5, 0.6) is 0 Å². The van der Waals surface area contributed by atoms with E-state index in [0.717, 1.165) is 0 Å². The monoisotopic (exact) mass is 552 g/mol. The smallest absolute Gasteiger partial charge is 0.331 e. The number of rotatable bonds is 7. The molecule has 12 heteroatoms. The number of nitro benzene ring substituents is 1. The zero-order chi connectivity index (χ0) is 25.6. The Labute approximate surface area is 221 Å². The fourth-order valence-corrected chi connectivity index (χ4v) is 4.26. The first-order chi connectivity index (χ1) is 16.6. The molecule has 3 rings (SSSR count). The number of alkyl halides is 3. The number of para-hydroxylation sites is 2. The largest absolute Gasteiger partial charge is 0.333 e. The highest BCUT2D eigenvalue weighted by Gasteiger charge is 2.41. The molecule has 0 aliphatic carbocycles. The van der Waals surface area contributed by atoms with Crippen molar-refractivity contribution in [3.63, 3.8) is 0 Å². The molecule has 0 aliphatic rings. The number of carbonyl (C=O) groups excluding carboxylic acids is 2. The van der Waals surface area contributed by atoms with Gasteiger partial charge < -0.3 is 10.6 Å². The van der Waals surface area contributed by atoms with E-state index in [1.165, 1.54) is 24.3 Å². The lowest BCUT2D eigenvalue weighted by Gasteiger charge is -2.33. The van der Waals surface area contributed by atoms with Gasteiger partial charge in [0.2, 0.25) is 9.70 Å². The topological polar surface area (TPSA) is 105 Å². The van der Waals surface area contributed by atoms with Gasteiger partial charge in [-0.3, -0.25) is 14.9 Å². The van der Waals surface area contributed by atoms with Crippen LogP contribution in [0, 0.1) is 10.1 Å². The SMILES string of the molecule is O=C(NC(N(S)C(=O)Nc1ccccc1[N+](=O)[O-])C(Cl)(Cl)Cl)C(c1ccccc1)c1ccccc1. The number of nitrogens with zero attached hydrogens (tertiary/aromatic N) is 2. The summed E-state index contributed by atoms with van der Waals surface area (Å²) in [6.07, 6.45) is -1.54. The summed E-state index contributed by atoms with van der Waals surface area (Å²) < 4.78 is -1.54. The lowest BCUT2D eigenvalue weighted by atomic mass is 9.90. The van der Waals surface area contributed by atoms with Crippen molar-refractivity contribution in [3.05, 3.63) is 106 Å². The number of amides is 3. The van der Waals surface area contributed by atoms with Gasteiger partial charge >= 0.3 is 6.03 Å². The minimum atomic E-state index is -2.20. The molecule has 0 bridgehead atoms. The Hall–Kier alpha value is -2.98. The molecule has 3 aromatic carbocycles. The second kappa shape index (κ2) is 11.6. The van der Waals surface area contributed by atoms with Gasteiger partial charge in [-0.2, -0.15) is 0 Å². The van der Waals surface area contributed by atoms with Crippen molar-refractivity contribution in [1.82, 2.24) is 9.62 Å². The van der Waals surface area contributed by atoms with Crippen molar-refractivity contribution in [2.24, 2.45) is 0 Å². The lowest BCUT2D eigenvalue weighted by molar-refractivity contribution is -0.383. The molecule has 0 saturated heterocycles. The highest BCUT2D eigenvalue weighted by molar-refractivity contribution is 7.78. The molecule has 3 aromatic rings. The number of hydrogen-bond donors (Lipinski definition) is 3. The van der Waals surface area contributed by atoms with Crippen LogP contribution >= 0.6 is 47.6 Å². The Balaban J connectivity index is 1.88. The number of hydrogen-bond acceptors (Lipinski definition) is 5. The van der Waals surface area contributed by atoms with E-state index >= 15 is 0 Å². The third-order valence-corrected chi connectivity index (χ3v) is 5.94. The van der Waals surface area contributed by atoms with Crippen LogP contribution < -0.4 is 10.6 Å². The molecule has 0 aromatic heterocycles. The van der Waals surface area contributed by atoms with Crippen LogP contribution in [0.15, 0.2) is 84.9 Å². The zero-order valence-electron chi connectivity index (χ0n) is 17.8. The number of urea groups is 1. The van der Waals surface area contributed by atoms with E-state index in [1.807, 2.05) is 12.1 Å². The van der Waals surface area contributed by atoms with Crippen molar-refractivity contribution >= 4 is 70.9 Å². The summed E-state index contributed by atoms with van der Waals surface area (Å²) in [7, 11) is 0. The Morgan fingerprint density at radius 2 is 1.37 bits per heavy atom. The molecule has 0 heterocycles. The molecule has 0 aliphatic heterocycles. The Bertz CT molecular complexity index is 1160. The second-order valence-electron chi connectivity index (χ2n) is 7.26. The van der Waals surface area contributed by atoms with Crippen molar-refractivity contribution in [1.29, 1.82) is 0 Å². The van der Waals surface area contributed by atoms with E-state index in [2.05, 4.69) is 23.4 Å². The van der Waals surface area contributed by atoms with Crippen LogP contribution in [0.3, 0.4) is 0 Å². The molecule has 0 saturated carbocycles. The first kappa shape index (κ1) is 26.6. The first-order valence-corrected chi connectivity index (χ1v) is 11.6. The Morgan fingerprint density at radius 1 is 0.886 bits per heavy atom. The fraction of sp³-hybridized carbons (Fsp3) is 0.130. The van der Waals surface area contributed by atoms with Gasteiger partial charge in [0, 0.05) is 6.07 Å². The van der Waals surface area contributed by atoms with Gasteiger partial charge in [0.15, 0.2) is 6.17 Å². The van der Waals surface area contributed by atoms with E-state index in [-0.39, 0.29) is 11.4 Å². The second-order valence-corrected chi connectivity index (χ2v) is 10.1. The highest BCUT2D eigenvalue weighted by Crippen LogP contribution is 2.35. The van der Waals surface area contributed by atoms with E-state index in [4.69, 9.17) is 34.8 Å². The van der Waals surface area contributed by atoms with E-state index in [0.29, 0.717) is 15.4 Å². The van der Waals surface area contributed by atoms with Crippen LogP contribution in [0.1, 0.15) is 17.0 Å². The molecule has 35 heavy (non-hydrogen) atoms. The first-order valence-electron chi connectivity index (χ1n) is 10.1. The lowest BCUT2D eigenvalue weighted by Crippen LogP contribution is -2.55. The molecule has 3 amide bonds. The van der Waals surface area contributed by atoms with Crippen molar-refractivity contribution in [2.75, 3.05) is 5.32 Å². The van der Waals surface area contributed by atoms with Gasteiger partial charge in [0.1, 0.15) is 5.69 Å². The summed E-state index contributed by atoms with van der Waals surface area (Å²) in [4.78, 5) is 36.9. The number of benzene rings is 3.